The summed E-state index contributed by atoms with van der Waals surface area (Å²) in [4.78, 5) is 26.8. The normalized spacial score (nSPS) is 14.7. The number of hydrogen-bond acceptors (Lipinski definition) is 5. The van der Waals surface area contributed by atoms with E-state index in [1.54, 1.807) is 17.1 Å². The minimum atomic E-state index is -0.440. The van der Waals surface area contributed by atoms with Crippen LogP contribution >= 0.6 is 27.3 Å². The van der Waals surface area contributed by atoms with Crippen LogP contribution in [0.5, 0.6) is 0 Å². The summed E-state index contributed by atoms with van der Waals surface area (Å²) in [5.41, 5.74) is 1.58. The summed E-state index contributed by atoms with van der Waals surface area (Å²) >= 11 is 4.87. The van der Waals surface area contributed by atoms with Gasteiger partial charge in [0.05, 0.1) is 22.3 Å². The molecule has 6 nitrogen and oxygen atoms in total. The highest BCUT2D eigenvalue weighted by molar-refractivity contribution is 9.10. The molecule has 27 heavy (non-hydrogen) atoms. The molecule has 1 N–H and O–H groups in total. The highest BCUT2D eigenvalue weighted by Gasteiger charge is 2.29. The highest BCUT2D eigenvalue weighted by atomic mass is 79.9. The predicted octanol–water partition coefficient (Wildman–Crippen LogP) is 4.74. The maximum Gasteiger partial charge on any atom is 0.341 e. The Morgan fingerprint density at radius 2 is 2.11 bits per heavy atom. The van der Waals surface area contributed by atoms with Gasteiger partial charge < -0.3 is 10.1 Å². The van der Waals surface area contributed by atoms with E-state index in [1.807, 2.05) is 20.8 Å². The summed E-state index contributed by atoms with van der Waals surface area (Å²) in [6, 6.07) is -0.440. The molecule has 0 spiro atoms. The number of nitrogens with one attached hydrogen (secondary N) is 1. The largest absolute Gasteiger partial charge is 0.459 e. The van der Waals surface area contributed by atoms with Crippen LogP contribution in [0.1, 0.15) is 66.9 Å². The number of thiophene rings is 1. The van der Waals surface area contributed by atoms with Crippen LogP contribution < -0.4 is 5.32 Å². The van der Waals surface area contributed by atoms with E-state index < -0.39 is 6.04 Å². The Morgan fingerprint density at radius 1 is 1.37 bits per heavy atom. The zero-order valence-electron chi connectivity index (χ0n) is 15.8. The number of nitrogens with zero attached hydrogens (tertiary/aromatic N) is 2. The lowest BCUT2D eigenvalue weighted by Crippen LogP contribution is -2.26. The minimum absolute atomic E-state index is 0.176. The van der Waals surface area contributed by atoms with Gasteiger partial charge in [-0.25, -0.2) is 4.79 Å². The summed E-state index contributed by atoms with van der Waals surface area (Å²) in [7, 11) is 0. The van der Waals surface area contributed by atoms with Gasteiger partial charge in [0.1, 0.15) is 11.0 Å². The lowest BCUT2D eigenvalue weighted by atomic mass is 9.95. The van der Waals surface area contributed by atoms with Gasteiger partial charge in [-0.2, -0.15) is 5.10 Å². The van der Waals surface area contributed by atoms with Crippen molar-refractivity contribution in [1.82, 2.24) is 9.78 Å². The van der Waals surface area contributed by atoms with Gasteiger partial charge in [-0.05, 0) is 67.4 Å². The Kier molecular flexibility index (Phi) is 6.37. The third-order valence-electron chi connectivity index (χ3n) is 4.53. The molecule has 1 atom stereocenters. The molecule has 0 fully saturated rings. The summed E-state index contributed by atoms with van der Waals surface area (Å²) < 4.78 is 7.91. The molecule has 2 aromatic rings. The molecule has 1 aliphatic carbocycles. The average molecular weight is 454 g/mol. The van der Waals surface area contributed by atoms with E-state index in [1.165, 1.54) is 16.2 Å². The topological polar surface area (TPSA) is 73.2 Å². The molecule has 2 aromatic heterocycles. The van der Waals surface area contributed by atoms with E-state index >= 15 is 0 Å². The fourth-order valence-corrected chi connectivity index (χ4v) is 4.90. The molecule has 0 bridgehead atoms. The van der Waals surface area contributed by atoms with Crippen molar-refractivity contribution in [2.75, 3.05) is 5.32 Å². The number of hydrogen-bond donors (Lipinski definition) is 1. The van der Waals surface area contributed by atoms with Crippen LogP contribution in [0.3, 0.4) is 0 Å². The fourth-order valence-electron chi connectivity index (χ4n) is 3.32. The third-order valence-corrected chi connectivity index (χ3v) is 6.15. The molecule has 1 aliphatic rings. The lowest BCUT2D eigenvalue weighted by molar-refractivity contribution is -0.119. The summed E-state index contributed by atoms with van der Waals surface area (Å²) in [6.07, 6.45) is 7.79. The van der Waals surface area contributed by atoms with Crippen LogP contribution in [0.4, 0.5) is 5.00 Å². The van der Waals surface area contributed by atoms with Crippen LogP contribution in [0.2, 0.25) is 0 Å². The van der Waals surface area contributed by atoms with E-state index in [-0.39, 0.29) is 18.0 Å². The molecule has 0 aliphatic heterocycles. The van der Waals surface area contributed by atoms with Crippen LogP contribution in [0, 0.1) is 0 Å². The van der Waals surface area contributed by atoms with Gasteiger partial charge in [0.15, 0.2) is 0 Å². The number of carbonyl (C=O) groups excluding carboxylic acids is 2. The number of amides is 1. The molecule has 0 radical (unpaired) electrons. The van der Waals surface area contributed by atoms with E-state index in [0.717, 1.165) is 35.7 Å². The molecule has 146 valence electrons. The second-order valence-electron chi connectivity index (χ2n) is 6.92. The molecular weight excluding hydrogens is 430 g/mol. The van der Waals surface area contributed by atoms with Gasteiger partial charge in [-0.15, -0.1) is 11.3 Å². The number of halogens is 1. The van der Waals surface area contributed by atoms with Gasteiger partial charge in [-0.1, -0.05) is 6.92 Å². The van der Waals surface area contributed by atoms with Gasteiger partial charge in [-0.3, -0.25) is 9.48 Å². The molecule has 0 aromatic carbocycles. The first-order valence-electron chi connectivity index (χ1n) is 9.26. The molecule has 8 heteroatoms. The Hall–Kier alpha value is -1.67. The summed E-state index contributed by atoms with van der Waals surface area (Å²) in [5.74, 6) is -0.528. The van der Waals surface area contributed by atoms with Crippen molar-refractivity contribution in [1.29, 1.82) is 0 Å². The highest BCUT2D eigenvalue weighted by Crippen LogP contribution is 2.39. The first kappa shape index (κ1) is 20.1. The van der Waals surface area contributed by atoms with Crippen molar-refractivity contribution in [2.45, 2.75) is 65.0 Å². The number of esters is 1. The first-order chi connectivity index (χ1) is 12.9. The van der Waals surface area contributed by atoms with Crippen molar-refractivity contribution in [3.8, 4) is 0 Å². The zero-order chi connectivity index (χ0) is 19.6. The number of carbonyl (C=O) groups is 2. The van der Waals surface area contributed by atoms with E-state index in [0.29, 0.717) is 17.0 Å². The van der Waals surface area contributed by atoms with Crippen LogP contribution in [-0.4, -0.2) is 27.8 Å². The summed E-state index contributed by atoms with van der Waals surface area (Å²) in [6.45, 7) is 5.60. The number of aromatic nitrogens is 2. The quantitative estimate of drug-likeness (QED) is 0.640. The van der Waals surface area contributed by atoms with E-state index in [9.17, 15) is 9.59 Å². The zero-order valence-corrected chi connectivity index (χ0v) is 18.2. The molecule has 1 amide bonds. The monoisotopic (exact) mass is 453 g/mol. The number of anilines is 1. The Bertz CT molecular complexity index is 843. The van der Waals surface area contributed by atoms with Gasteiger partial charge in [0.2, 0.25) is 5.91 Å². The van der Waals surface area contributed by atoms with Gasteiger partial charge >= 0.3 is 5.97 Å². The second kappa shape index (κ2) is 8.56. The molecular formula is C19H24BrN3O3S. The van der Waals surface area contributed by atoms with Crippen molar-refractivity contribution in [3.63, 3.8) is 0 Å². The average Bonchev–Trinajstić information content (AvgIpc) is 3.18. The van der Waals surface area contributed by atoms with Crippen LogP contribution in [-0.2, 0) is 22.4 Å². The number of rotatable bonds is 6. The lowest BCUT2D eigenvalue weighted by Gasteiger charge is -2.16. The first-order valence-corrected chi connectivity index (χ1v) is 10.9. The Labute approximate surface area is 171 Å². The van der Waals surface area contributed by atoms with Crippen molar-refractivity contribution in [2.24, 2.45) is 0 Å². The minimum Gasteiger partial charge on any atom is -0.459 e. The summed E-state index contributed by atoms with van der Waals surface area (Å²) in [5, 5.41) is 7.81. The predicted molar refractivity (Wildman–Crippen MR) is 109 cm³/mol. The molecule has 1 unspecified atom stereocenters. The number of ether oxygens (including phenoxy) is 1. The van der Waals surface area contributed by atoms with E-state index in [2.05, 4.69) is 26.3 Å². The number of fused-ring (bicyclic) bond motifs is 1. The number of aryl methyl sites for hydroxylation is 1. The third kappa shape index (κ3) is 4.43. The smallest absolute Gasteiger partial charge is 0.341 e. The molecule has 0 saturated carbocycles. The SMILES string of the molecule is CCC(C(=O)Nc1sc2c(c1C(=O)OC(C)C)CCCC2)n1cc(Br)cn1. The molecule has 2 heterocycles. The van der Waals surface area contributed by atoms with Crippen molar-refractivity contribution in [3.05, 3.63) is 32.9 Å². The molecule has 0 saturated heterocycles. The second-order valence-corrected chi connectivity index (χ2v) is 8.94. The van der Waals surface area contributed by atoms with Crippen molar-refractivity contribution >= 4 is 44.1 Å². The maximum atomic E-state index is 12.9. The fraction of sp³-hybridized carbons (Fsp3) is 0.526. The van der Waals surface area contributed by atoms with Gasteiger partial charge in [0.25, 0.3) is 0 Å². The standard InChI is InChI=1S/C19H24BrN3O3S/c1-4-14(23-10-12(20)9-21-23)17(24)22-18-16(19(25)26-11(2)3)13-7-5-6-8-15(13)27-18/h9-11,14H,4-8H2,1-3H3,(H,22,24). The molecule has 3 rings (SSSR count). The Balaban J connectivity index is 1.90. The van der Waals surface area contributed by atoms with Crippen molar-refractivity contribution < 1.29 is 14.3 Å². The van der Waals surface area contributed by atoms with Crippen LogP contribution in [0.25, 0.3) is 0 Å². The maximum absolute atomic E-state index is 12.9. The Morgan fingerprint density at radius 3 is 2.74 bits per heavy atom. The van der Waals surface area contributed by atoms with Crippen LogP contribution in [0.15, 0.2) is 16.9 Å². The van der Waals surface area contributed by atoms with E-state index in [4.69, 9.17) is 4.74 Å². The van der Waals surface area contributed by atoms with Gasteiger partial charge in [0, 0.05) is 11.1 Å².